The Morgan fingerprint density at radius 1 is 0.903 bits per heavy atom. The van der Waals surface area contributed by atoms with Crippen LogP contribution in [0.1, 0.15) is 0 Å². The van der Waals surface area contributed by atoms with Crippen LogP contribution >= 0.6 is 11.6 Å². The number of nitrogens with one attached hydrogen (secondary N) is 3. The van der Waals surface area contributed by atoms with Crippen molar-refractivity contribution in [3.8, 4) is 0 Å². The van der Waals surface area contributed by atoms with Crippen LogP contribution in [0.25, 0.3) is 0 Å². The molecule has 3 aromatic rings. The van der Waals surface area contributed by atoms with E-state index < -0.39 is 35.5 Å². The summed E-state index contributed by atoms with van der Waals surface area (Å²) in [5.74, 6) is -0.344. The molecule has 1 aromatic carbocycles. The fourth-order valence-corrected chi connectivity index (χ4v) is 4.22. The Balaban J connectivity index is 2.01. The molecule has 0 aliphatic rings. The first kappa shape index (κ1) is 22.8. The van der Waals surface area contributed by atoms with Crippen molar-refractivity contribution in [2.45, 2.75) is 9.79 Å². The maximum absolute atomic E-state index is 14.4. The summed E-state index contributed by atoms with van der Waals surface area (Å²) in [5, 5.41) is 6.07. The van der Waals surface area contributed by atoms with Gasteiger partial charge in [-0.15, -0.1) is 0 Å². The van der Waals surface area contributed by atoms with Crippen LogP contribution in [0.5, 0.6) is 0 Å². The highest BCUT2D eigenvalue weighted by molar-refractivity contribution is 7.91. The predicted octanol–water partition coefficient (Wildman–Crippen LogP) is 2.46. The molecule has 3 rings (SSSR count). The van der Waals surface area contributed by atoms with Gasteiger partial charge in [0.15, 0.2) is 9.84 Å². The van der Waals surface area contributed by atoms with Crippen LogP contribution in [-0.2, 0) is 19.9 Å². The van der Waals surface area contributed by atoms with Gasteiger partial charge in [0.1, 0.15) is 34.5 Å². The molecule has 0 fully saturated rings. The van der Waals surface area contributed by atoms with Gasteiger partial charge < -0.3 is 10.6 Å². The van der Waals surface area contributed by atoms with E-state index in [-0.39, 0.29) is 11.5 Å². The van der Waals surface area contributed by atoms with E-state index in [1.807, 2.05) is 4.72 Å². The average Bonchev–Trinajstić information content (AvgIpc) is 2.70. The number of benzene rings is 1. The maximum atomic E-state index is 14.4. The molecular formula is C17H16ClFN6O4S2. The van der Waals surface area contributed by atoms with Crippen molar-refractivity contribution in [1.82, 2.24) is 19.7 Å². The van der Waals surface area contributed by atoms with Gasteiger partial charge in [-0.3, -0.25) is 0 Å². The number of sulfonamides is 1. The monoisotopic (exact) mass is 486 g/mol. The van der Waals surface area contributed by atoms with Crippen molar-refractivity contribution in [1.29, 1.82) is 0 Å². The van der Waals surface area contributed by atoms with Crippen LogP contribution in [0, 0.1) is 5.82 Å². The molecule has 0 bridgehead atoms. The third-order valence-corrected chi connectivity index (χ3v) is 6.69. The average molecular weight is 487 g/mol. The summed E-state index contributed by atoms with van der Waals surface area (Å²) < 4.78 is 64.8. The summed E-state index contributed by atoms with van der Waals surface area (Å²) in [5.41, 5.74) is -0.174. The van der Waals surface area contributed by atoms with Gasteiger partial charge >= 0.3 is 0 Å². The van der Waals surface area contributed by atoms with E-state index in [2.05, 4.69) is 25.6 Å². The number of sulfone groups is 1. The minimum Gasteiger partial charge on any atom is -0.339 e. The Hall–Kier alpha value is -2.87. The Morgan fingerprint density at radius 2 is 1.58 bits per heavy atom. The van der Waals surface area contributed by atoms with Gasteiger partial charge in [-0.1, -0.05) is 11.6 Å². The molecule has 0 saturated carbocycles. The molecule has 2 aromatic heterocycles. The van der Waals surface area contributed by atoms with Crippen molar-refractivity contribution in [3.63, 3.8) is 0 Å². The molecule has 14 heteroatoms. The van der Waals surface area contributed by atoms with Gasteiger partial charge in [0.05, 0.1) is 15.6 Å². The first-order valence-corrected chi connectivity index (χ1v) is 12.2. The van der Waals surface area contributed by atoms with E-state index in [9.17, 15) is 21.2 Å². The van der Waals surface area contributed by atoms with Crippen LogP contribution in [0.15, 0.2) is 52.6 Å². The fraction of sp³-hybridized carbons (Fsp3) is 0.118. The zero-order chi connectivity index (χ0) is 22.8. The minimum atomic E-state index is -4.18. The number of hydrogen-bond acceptors (Lipinski definition) is 9. The molecule has 0 aliphatic carbocycles. The van der Waals surface area contributed by atoms with Gasteiger partial charge in [-0.05, 0) is 31.3 Å². The molecular weight excluding hydrogens is 471 g/mol. The largest absolute Gasteiger partial charge is 0.339 e. The number of pyridine rings is 1. The first-order chi connectivity index (χ1) is 14.5. The summed E-state index contributed by atoms with van der Waals surface area (Å²) in [4.78, 5) is 10.9. The highest BCUT2D eigenvalue weighted by atomic mass is 35.5. The molecule has 31 heavy (non-hydrogen) atoms. The second kappa shape index (κ2) is 8.70. The Kier molecular flexibility index (Phi) is 6.40. The third-order valence-electron chi connectivity index (χ3n) is 3.91. The highest BCUT2D eigenvalue weighted by Gasteiger charge is 2.24. The van der Waals surface area contributed by atoms with Crippen LogP contribution in [0.4, 0.5) is 27.5 Å². The normalized spacial score (nSPS) is 11.9. The maximum Gasteiger partial charge on any atom is 0.243 e. The Morgan fingerprint density at radius 3 is 2.16 bits per heavy atom. The van der Waals surface area contributed by atoms with Crippen LogP contribution in [0.3, 0.4) is 0 Å². The first-order valence-electron chi connectivity index (χ1n) is 8.44. The van der Waals surface area contributed by atoms with Crippen molar-refractivity contribution in [3.05, 3.63) is 53.7 Å². The number of anilines is 4. The quantitative estimate of drug-likeness (QED) is 0.458. The predicted molar refractivity (Wildman–Crippen MR) is 114 cm³/mol. The zero-order valence-electron chi connectivity index (χ0n) is 16.1. The molecule has 164 valence electrons. The number of halogens is 2. The second-order valence-corrected chi connectivity index (χ2v) is 10.4. The molecule has 2 heterocycles. The van der Waals surface area contributed by atoms with E-state index in [0.717, 1.165) is 19.4 Å². The van der Waals surface area contributed by atoms with E-state index in [1.165, 1.54) is 18.6 Å². The van der Waals surface area contributed by atoms with Crippen molar-refractivity contribution in [2.24, 2.45) is 0 Å². The summed E-state index contributed by atoms with van der Waals surface area (Å²) in [7, 11) is -6.98. The smallest absolute Gasteiger partial charge is 0.243 e. The molecule has 0 aliphatic heterocycles. The van der Waals surface area contributed by atoms with Gasteiger partial charge in [0.2, 0.25) is 10.0 Å². The topological polar surface area (TPSA) is 143 Å². The van der Waals surface area contributed by atoms with E-state index in [1.54, 1.807) is 12.1 Å². The van der Waals surface area contributed by atoms with Gasteiger partial charge in [0, 0.05) is 18.5 Å². The lowest BCUT2D eigenvalue weighted by molar-refractivity contribution is 0.557. The second-order valence-electron chi connectivity index (χ2n) is 6.16. The van der Waals surface area contributed by atoms with Crippen LogP contribution in [-0.4, -0.2) is 45.1 Å². The molecule has 0 spiro atoms. The minimum absolute atomic E-state index is 0.121. The lowest BCUT2D eigenvalue weighted by Crippen LogP contribution is -2.20. The summed E-state index contributed by atoms with van der Waals surface area (Å²) in [6.45, 7) is 0. The lowest BCUT2D eigenvalue weighted by Gasteiger charge is -2.14. The van der Waals surface area contributed by atoms with Crippen LogP contribution < -0.4 is 15.4 Å². The Labute approximate surface area is 182 Å². The molecule has 0 atom stereocenters. The highest BCUT2D eigenvalue weighted by Crippen LogP contribution is 2.30. The summed E-state index contributed by atoms with van der Waals surface area (Å²) in [6, 6.07) is 6.19. The summed E-state index contributed by atoms with van der Waals surface area (Å²) in [6.07, 6.45) is 3.50. The molecule has 10 nitrogen and oxygen atoms in total. The number of aromatic nitrogens is 3. The molecule has 3 N–H and O–H groups in total. The van der Waals surface area contributed by atoms with E-state index in [0.29, 0.717) is 22.7 Å². The van der Waals surface area contributed by atoms with Crippen molar-refractivity contribution >= 4 is 54.6 Å². The number of hydrogen-bond donors (Lipinski definition) is 3. The van der Waals surface area contributed by atoms with Gasteiger partial charge in [-0.25, -0.2) is 40.9 Å². The summed E-state index contributed by atoms with van der Waals surface area (Å²) >= 11 is 5.80. The molecule has 0 saturated heterocycles. The van der Waals surface area contributed by atoms with Gasteiger partial charge in [0.25, 0.3) is 0 Å². The zero-order valence-corrected chi connectivity index (χ0v) is 18.5. The van der Waals surface area contributed by atoms with E-state index in [4.69, 9.17) is 11.6 Å². The molecule has 0 amide bonds. The SMILES string of the molecule is CNS(=O)(=O)c1cc(Nc2cc(Nc3ccc(Cl)cn3)ncn2)c(S(C)(=O)=O)cc1F. The van der Waals surface area contributed by atoms with Gasteiger partial charge in [-0.2, -0.15) is 0 Å². The van der Waals surface area contributed by atoms with Crippen LogP contribution in [0.2, 0.25) is 5.02 Å². The van der Waals surface area contributed by atoms with Crippen molar-refractivity contribution < 1.29 is 21.2 Å². The Bertz CT molecular complexity index is 1340. The number of nitrogens with zero attached hydrogens (tertiary/aromatic N) is 3. The molecule has 0 radical (unpaired) electrons. The standard InChI is InChI=1S/C17H16ClFN6O4S2/c1-20-31(28,29)13-6-12(14(5-11(13)19)30(2,26)27)24-16-7-17(23-9-22-16)25-15-4-3-10(18)8-21-15/h3-9,20H,1-2H3,(H2,21,22,23,24,25). The fourth-order valence-electron chi connectivity index (χ4n) is 2.47. The number of rotatable bonds is 7. The van der Waals surface area contributed by atoms with E-state index >= 15 is 0 Å². The van der Waals surface area contributed by atoms with Crippen molar-refractivity contribution in [2.75, 3.05) is 23.9 Å². The lowest BCUT2D eigenvalue weighted by atomic mass is 10.3. The molecule has 0 unspecified atom stereocenters. The third kappa shape index (κ3) is 5.44.